The summed E-state index contributed by atoms with van der Waals surface area (Å²) in [6.45, 7) is 7.58. The van der Waals surface area contributed by atoms with E-state index in [1.165, 1.54) is 0 Å². The summed E-state index contributed by atoms with van der Waals surface area (Å²) in [4.78, 5) is 31.8. The third kappa shape index (κ3) is 66.4. The molecule has 0 aromatic carbocycles. The molecule has 33 heavy (non-hydrogen) atoms. The van der Waals surface area contributed by atoms with E-state index in [1.54, 1.807) is 0 Å². The Morgan fingerprint density at radius 3 is 0.879 bits per heavy atom. The summed E-state index contributed by atoms with van der Waals surface area (Å²) in [5, 5.41) is 0. The molecular weight excluding hydrogens is 705 g/mol. The second-order valence-corrected chi connectivity index (χ2v) is 20.2. The minimum atomic E-state index is -3.04. The average molecular weight is 739 g/mol. The van der Waals surface area contributed by atoms with Gasteiger partial charge in [-0.2, -0.15) is 4.21 Å². The minimum absolute atomic E-state index is 0. The summed E-state index contributed by atoms with van der Waals surface area (Å²) in [5.41, 5.74) is -9.12. The molecular formula is C15H33MoO7P3S7-6. The molecule has 3 atom stereocenters. The molecule has 204 valence electrons. The minimum Gasteiger partial charge on any atom is -0.819 e. The van der Waals surface area contributed by atoms with Gasteiger partial charge < -0.3 is 65.0 Å². The first-order valence-corrected chi connectivity index (χ1v) is 21.1. The topological polar surface area (TPSA) is 114 Å². The maximum atomic E-state index is 10.6. The zero-order valence-electron chi connectivity index (χ0n) is 19.0. The van der Waals surface area contributed by atoms with Crippen molar-refractivity contribution in [3.8, 4) is 0 Å². The van der Waals surface area contributed by atoms with Crippen molar-refractivity contribution in [2.75, 3.05) is 19.8 Å². The number of hydrogen-bond acceptors (Lipinski definition) is 14. The third-order valence-corrected chi connectivity index (χ3v) is 6.39. The first kappa shape index (κ1) is 46.3. The van der Waals surface area contributed by atoms with Crippen molar-refractivity contribution in [3.05, 3.63) is 0 Å². The van der Waals surface area contributed by atoms with Crippen LogP contribution in [0, 0.1) is 0 Å². The Bertz CT molecular complexity index is 465. The summed E-state index contributed by atoms with van der Waals surface area (Å²) in [5.74, 6) is 0. The normalized spacial score (nSPS) is 15.3. The van der Waals surface area contributed by atoms with E-state index in [4.69, 9.17) is 17.8 Å². The van der Waals surface area contributed by atoms with E-state index in [2.05, 4.69) is 105 Å². The Labute approximate surface area is 251 Å². The van der Waals surface area contributed by atoms with Gasteiger partial charge in [0.25, 0.3) is 0 Å². The fourth-order valence-electron chi connectivity index (χ4n) is 1.59. The molecule has 3 unspecified atom stereocenters. The summed E-state index contributed by atoms with van der Waals surface area (Å²) in [7, 11) is 0. The van der Waals surface area contributed by atoms with Gasteiger partial charge in [-0.05, 0) is 19.3 Å². The largest absolute Gasteiger partial charge is 0.819 e. The maximum Gasteiger partial charge on any atom is 0.197 e. The second kappa shape index (κ2) is 31.7. The Kier molecular flexibility index (Phi) is 44.5. The molecule has 0 aromatic rings. The summed E-state index contributed by atoms with van der Waals surface area (Å²) in [6.07, 6.45) is 9.25. The van der Waals surface area contributed by atoms with Gasteiger partial charge in [-0.1, -0.05) is 59.3 Å². The summed E-state index contributed by atoms with van der Waals surface area (Å²) >= 11 is 29.1. The van der Waals surface area contributed by atoms with Crippen molar-refractivity contribution in [1.29, 1.82) is 0 Å². The smallest absolute Gasteiger partial charge is 0.197 e. The van der Waals surface area contributed by atoms with Crippen molar-refractivity contribution in [1.82, 2.24) is 0 Å². The maximum absolute atomic E-state index is 10.6. The van der Waals surface area contributed by atoms with E-state index >= 15 is 0 Å². The molecule has 0 heterocycles. The van der Waals surface area contributed by atoms with Crippen LogP contribution >= 0.6 is 17.1 Å². The van der Waals surface area contributed by atoms with Crippen molar-refractivity contribution < 1.29 is 53.5 Å². The molecule has 0 aromatic heterocycles. The van der Waals surface area contributed by atoms with Crippen LogP contribution in [0.5, 0.6) is 0 Å². The Morgan fingerprint density at radius 1 is 0.576 bits per heavy atom. The van der Waals surface area contributed by atoms with Crippen molar-refractivity contribution in [3.63, 3.8) is 0 Å². The van der Waals surface area contributed by atoms with Gasteiger partial charge in [0.1, 0.15) is 0 Å². The molecule has 0 saturated carbocycles. The van der Waals surface area contributed by atoms with E-state index in [-0.39, 0.29) is 21.1 Å². The summed E-state index contributed by atoms with van der Waals surface area (Å²) in [6, 6.07) is 0. The van der Waals surface area contributed by atoms with E-state index in [9.17, 15) is 14.7 Å². The zero-order chi connectivity index (χ0) is 26.1. The van der Waals surface area contributed by atoms with Crippen molar-refractivity contribution in [2.24, 2.45) is 0 Å². The standard InChI is InChI=1S/3C5H13O2PS2.Mo.OS/c3*1-2-3-4-5-7-8(6,9)10;;1-2/h3*2-5H2,1H3,(H2,6,9,10);;/p-6. The molecule has 0 aliphatic rings. The van der Waals surface area contributed by atoms with Crippen LogP contribution in [0.3, 0.4) is 0 Å². The molecule has 0 aliphatic heterocycles. The van der Waals surface area contributed by atoms with Gasteiger partial charge in [0, 0.05) is 40.9 Å². The van der Waals surface area contributed by atoms with Crippen LogP contribution in [0.15, 0.2) is 0 Å². The zero-order valence-corrected chi connectivity index (χ0v) is 29.4. The summed E-state index contributed by atoms with van der Waals surface area (Å²) < 4.78 is 22.0. The van der Waals surface area contributed by atoms with Gasteiger partial charge in [0.15, 0.2) is 12.5 Å². The Hall–Kier alpha value is 3.47. The first-order valence-electron chi connectivity index (χ1n) is 9.84. The van der Waals surface area contributed by atoms with Crippen LogP contribution in [0.2, 0.25) is 0 Å². The van der Waals surface area contributed by atoms with E-state index in [0.29, 0.717) is 19.8 Å². The Balaban J connectivity index is -0.000000113. The van der Waals surface area contributed by atoms with Gasteiger partial charge in [0.2, 0.25) is 0 Å². The molecule has 18 heteroatoms. The average Bonchev–Trinajstić information content (AvgIpc) is 2.66. The van der Waals surface area contributed by atoms with Gasteiger partial charge in [0.05, 0.1) is 0 Å². The molecule has 0 spiro atoms. The predicted molar refractivity (Wildman–Crippen MR) is 150 cm³/mol. The third-order valence-electron chi connectivity index (χ3n) is 2.99. The fourth-order valence-corrected chi connectivity index (χ4v) is 3.99. The monoisotopic (exact) mass is 740 g/mol. The van der Waals surface area contributed by atoms with Crippen LogP contribution in [0.4, 0.5) is 0 Å². The molecule has 0 rings (SSSR count). The molecule has 0 N–H and O–H groups in total. The van der Waals surface area contributed by atoms with E-state index < -0.39 is 17.1 Å². The number of unbranched alkanes of at least 4 members (excludes halogenated alkanes) is 6. The van der Waals surface area contributed by atoms with Crippen LogP contribution in [0.1, 0.15) is 78.6 Å². The van der Waals surface area contributed by atoms with Crippen LogP contribution in [0.25, 0.3) is 0 Å². The predicted octanol–water partition coefficient (Wildman–Crippen LogP) is 3.64. The number of hydrogen-bond donors (Lipinski definition) is 0. The van der Waals surface area contributed by atoms with E-state index in [1.807, 2.05) is 0 Å². The molecule has 0 aliphatic carbocycles. The SMILES string of the molecule is CCCCCOP([O-])(=S)[S-].CCCCCOP([O-])(=S)[S-].CCCCCOP([O-])(=S)[S-].O=S.[Mo]. The van der Waals surface area contributed by atoms with Crippen LogP contribution in [-0.4, -0.2) is 24.0 Å². The molecule has 0 radical (unpaired) electrons. The second-order valence-electron chi connectivity index (χ2n) is 5.96. The van der Waals surface area contributed by atoms with Crippen molar-refractivity contribution in [2.45, 2.75) is 78.6 Å². The van der Waals surface area contributed by atoms with Gasteiger partial charge in [-0.25, -0.2) is 0 Å². The molecule has 0 bridgehead atoms. The molecule has 0 fully saturated rings. The van der Waals surface area contributed by atoms with Gasteiger partial charge in [-0.15, -0.1) is 52.5 Å². The van der Waals surface area contributed by atoms with Crippen LogP contribution < -0.4 is 14.7 Å². The fraction of sp³-hybridized carbons (Fsp3) is 1.00. The molecule has 0 saturated heterocycles. The van der Waals surface area contributed by atoms with Gasteiger partial charge in [-0.3, -0.25) is 0 Å². The van der Waals surface area contributed by atoms with Crippen LogP contribution in [-0.2, 0) is 119 Å². The van der Waals surface area contributed by atoms with Crippen molar-refractivity contribution >= 4 is 102 Å². The molecule has 7 nitrogen and oxygen atoms in total. The number of rotatable bonds is 15. The van der Waals surface area contributed by atoms with Gasteiger partial charge >= 0.3 is 0 Å². The molecule has 0 amide bonds. The van der Waals surface area contributed by atoms with E-state index in [0.717, 1.165) is 57.8 Å². The first-order chi connectivity index (χ1) is 14.7. The Morgan fingerprint density at radius 2 is 0.758 bits per heavy atom. The quantitative estimate of drug-likeness (QED) is 0.106.